The van der Waals surface area contributed by atoms with E-state index in [0.717, 1.165) is 6.08 Å². The van der Waals surface area contributed by atoms with Crippen molar-refractivity contribution in [2.75, 3.05) is 19.6 Å². The Kier molecular flexibility index (Phi) is 9.45. The second-order valence-electron chi connectivity index (χ2n) is 13.5. The molecule has 2 saturated heterocycles. The molecule has 1 aromatic carbocycles. The number of halogens is 1. The normalized spacial score (nSPS) is 26.2. The summed E-state index contributed by atoms with van der Waals surface area (Å²) in [6.07, 6.45) is 1.64. The van der Waals surface area contributed by atoms with Crippen molar-refractivity contribution in [3.05, 3.63) is 60.5 Å². The average Bonchev–Trinajstić information content (AvgIpc) is 3.93. The van der Waals surface area contributed by atoms with Crippen molar-refractivity contribution in [1.82, 2.24) is 30.1 Å². The zero-order valence-electron chi connectivity index (χ0n) is 27.4. The van der Waals surface area contributed by atoms with Gasteiger partial charge in [0.1, 0.15) is 24.0 Å². The van der Waals surface area contributed by atoms with Gasteiger partial charge < -0.3 is 25.2 Å². The summed E-state index contributed by atoms with van der Waals surface area (Å²) in [5.74, 6) is -5.33. The van der Waals surface area contributed by atoms with Gasteiger partial charge in [-0.15, -0.1) is 6.58 Å². The highest BCUT2D eigenvalue weighted by atomic mass is 32.2. The molecule has 3 heterocycles. The second kappa shape index (κ2) is 13.5. The predicted molar refractivity (Wildman–Crippen MR) is 173 cm³/mol. The number of fused-ring (bicyclic) bond motifs is 1. The fourth-order valence-corrected chi connectivity index (χ4v) is 8.34. The van der Waals surface area contributed by atoms with Gasteiger partial charge >= 0.3 is 6.09 Å². The van der Waals surface area contributed by atoms with E-state index in [2.05, 4.69) is 28.5 Å². The van der Waals surface area contributed by atoms with Gasteiger partial charge in [0.15, 0.2) is 0 Å². The Balaban J connectivity index is 1.18. The van der Waals surface area contributed by atoms with E-state index >= 15 is 0 Å². The van der Waals surface area contributed by atoms with Crippen LogP contribution in [0.15, 0.2) is 43.5 Å². The van der Waals surface area contributed by atoms with Crippen LogP contribution in [0.5, 0.6) is 0 Å². The largest absolute Gasteiger partial charge is 0.444 e. The van der Waals surface area contributed by atoms with Crippen molar-refractivity contribution < 1.29 is 46.3 Å². The minimum atomic E-state index is -3.83. The van der Waals surface area contributed by atoms with Gasteiger partial charge in [-0.3, -0.25) is 33.6 Å². The van der Waals surface area contributed by atoms with Crippen LogP contribution in [0.1, 0.15) is 37.3 Å². The van der Waals surface area contributed by atoms with E-state index in [1.165, 1.54) is 33.8 Å². The lowest BCUT2D eigenvalue weighted by atomic mass is 9.90. The number of benzene rings is 1. The summed E-state index contributed by atoms with van der Waals surface area (Å²) in [6.45, 7) is 8.59. The Labute approximate surface area is 288 Å². The van der Waals surface area contributed by atoms with E-state index in [-0.39, 0.29) is 45.1 Å². The highest BCUT2D eigenvalue weighted by Gasteiger charge is 2.57. The average molecular weight is 715 g/mol. The molecular weight excluding hydrogens is 675 g/mol. The number of carbonyl (C=O) groups is 6. The maximum atomic E-state index is 14.3. The molecule has 3 N–H and O–H groups in total. The van der Waals surface area contributed by atoms with Crippen molar-refractivity contribution in [3.8, 4) is 0 Å². The summed E-state index contributed by atoms with van der Waals surface area (Å²) < 4.78 is 46.9. The first-order chi connectivity index (χ1) is 23.7. The molecule has 6 amide bonds. The number of ether oxygens (including phenoxy) is 1. The lowest BCUT2D eigenvalue weighted by Crippen LogP contribution is -2.63. The van der Waals surface area contributed by atoms with Crippen LogP contribution in [0.3, 0.4) is 0 Å². The number of rotatable bonds is 11. The van der Waals surface area contributed by atoms with Gasteiger partial charge in [-0.25, -0.2) is 17.6 Å². The van der Waals surface area contributed by atoms with E-state index in [1.807, 2.05) is 0 Å². The van der Waals surface area contributed by atoms with Gasteiger partial charge in [-0.05, 0) is 30.5 Å². The van der Waals surface area contributed by atoms with Crippen LogP contribution in [0, 0.1) is 23.6 Å². The van der Waals surface area contributed by atoms with E-state index in [9.17, 15) is 41.6 Å². The predicted octanol–water partition coefficient (Wildman–Crippen LogP) is -0.0783. The molecule has 50 heavy (non-hydrogen) atoms. The molecule has 0 aromatic heterocycles. The fraction of sp³-hybridized carbons (Fsp3) is 0.515. The van der Waals surface area contributed by atoms with Crippen molar-refractivity contribution in [2.24, 2.45) is 17.8 Å². The minimum Gasteiger partial charge on any atom is -0.444 e. The van der Waals surface area contributed by atoms with Crippen LogP contribution in [0.4, 0.5) is 9.18 Å². The summed E-state index contributed by atoms with van der Waals surface area (Å²) in [5.41, 5.74) is 1.01. The topological polar surface area (TPSA) is 192 Å². The quantitative estimate of drug-likeness (QED) is 0.208. The second-order valence-corrected chi connectivity index (χ2v) is 15.4. The van der Waals surface area contributed by atoms with Crippen LogP contribution in [0.2, 0.25) is 0 Å². The third-order valence-corrected chi connectivity index (χ3v) is 11.8. The fourth-order valence-electron chi connectivity index (χ4n) is 7.00. The van der Waals surface area contributed by atoms with Crippen molar-refractivity contribution in [3.63, 3.8) is 0 Å². The van der Waals surface area contributed by atoms with Gasteiger partial charge in [0.25, 0.3) is 0 Å². The minimum absolute atomic E-state index is 0.0170. The molecule has 6 atom stereocenters. The van der Waals surface area contributed by atoms with E-state index in [4.69, 9.17) is 4.74 Å². The Morgan fingerprint density at radius 3 is 2.36 bits per heavy atom. The van der Waals surface area contributed by atoms with Crippen LogP contribution in [-0.4, -0.2) is 108 Å². The molecule has 5 aliphatic rings. The number of hydrogen-bond donors (Lipinski definition) is 3. The lowest BCUT2D eigenvalue weighted by molar-refractivity contribution is -0.146. The van der Waals surface area contributed by atoms with E-state index in [1.54, 1.807) is 12.1 Å². The first kappa shape index (κ1) is 35.0. The summed E-state index contributed by atoms with van der Waals surface area (Å²) in [5, 5.41) is 4.77. The Morgan fingerprint density at radius 1 is 1.02 bits per heavy atom. The van der Waals surface area contributed by atoms with Gasteiger partial charge in [0.05, 0.1) is 24.3 Å². The molecule has 2 saturated carbocycles. The molecule has 15 nitrogen and oxygen atoms in total. The number of hydrogen-bond acceptors (Lipinski definition) is 9. The number of carbonyl (C=O) groups excluding carboxylic acids is 6. The standard InChI is InChI=1S/C33H39FN6O9S/c1-4-22-27(31(44)37-50(47,48)21-9-10-21)29(22)36-30(43)25-11-20(49-33(46)39-12-18-7-6-8-24(34)23(18)16-39)15-40(25)32(45)28(35-17(3)41)19-13-38(14-19)26(42)5-2/h4-8,19-22,25,27-29H,1-2,9-16H2,3H3,(H,35,41)(H,36,43)(H,37,44)/t20-,22+,25+,27-,28?,29+/m1/s1. The van der Waals surface area contributed by atoms with Crippen LogP contribution in [-0.2, 0) is 51.8 Å². The zero-order valence-corrected chi connectivity index (χ0v) is 28.2. The molecule has 2 aliphatic carbocycles. The monoisotopic (exact) mass is 714 g/mol. The molecule has 6 rings (SSSR count). The number of likely N-dealkylation sites (tertiary alicyclic amines) is 2. The molecule has 1 aromatic rings. The number of sulfonamides is 1. The lowest BCUT2D eigenvalue weighted by Gasteiger charge is -2.43. The molecule has 3 aliphatic heterocycles. The van der Waals surface area contributed by atoms with Crippen molar-refractivity contribution in [2.45, 2.75) is 68.8 Å². The van der Waals surface area contributed by atoms with E-state index in [0.29, 0.717) is 24.0 Å². The first-order valence-corrected chi connectivity index (χ1v) is 18.0. The summed E-state index contributed by atoms with van der Waals surface area (Å²) in [6, 6.07) is 1.42. The maximum Gasteiger partial charge on any atom is 0.410 e. The van der Waals surface area contributed by atoms with Crippen molar-refractivity contribution >= 4 is 45.7 Å². The third kappa shape index (κ3) is 6.95. The van der Waals surface area contributed by atoms with Gasteiger partial charge in [0.2, 0.25) is 39.6 Å². The zero-order chi connectivity index (χ0) is 36.1. The molecule has 268 valence electrons. The summed E-state index contributed by atoms with van der Waals surface area (Å²) in [7, 11) is -3.83. The van der Waals surface area contributed by atoms with Crippen LogP contribution in [0.25, 0.3) is 0 Å². The molecule has 17 heteroatoms. The molecule has 0 spiro atoms. The van der Waals surface area contributed by atoms with Gasteiger partial charge in [0, 0.05) is 56.4 Å². The smallest absolute Gasteiger partial charge is 0.410 e. The van der Waals surface area contributed by atoms with Gasteiger partial charge in [-0.1, -0.05) is 24.8 Å². The summed E-state index contributed by atoms with van der Waals surface area (Å²) >= 11 is 0. The highest BCUT2D eigenvalue weighted by molar-refractivity contribution is 7.90. The SMILES string of the molecule is C=CC(=O)N1CC(C(NC(C)=O)C(=O)N2C[C@H](OC(=O)N3Cc4cccc(F)c4C3)C[C@H]2C(=O)N[C@H]2[C@@H](C=C)[C@H]2C(=O)NS(=O)(=O)C2CC2)C1. The molecular formula is C33H39FN6O9S. The number of amides is 6. The third-order valence-electron chi connectivity index (χ3n) is 9.96. The Hall–Kier alpha value is -4.80. The highest BCUT2D eigenvalue weighted by Crippen LogP contribution is 2.41. The van der Waals surface area contributed by atoms with Crippen molar-refractivity contribution in [1.29, 1.82) is 0 Å². The van der Waals surface area contributed by atoms with Gasteiger partial charge in [-0.2, -0.15) is 0 Å². The molecule has 1 unspecified atom stereocenters. The molecule has 0 radical (unpaired) electrons. The Morgan fingerprint density at radius 2 is 1.74 bits per heavy atom. The van der Waals surface area contributed by atoms with Crippen LogP contribution >= 0.6 is 0 Å². The van der Waals surface area contributed by atoms with E-state index < -0.39 is 92.8 Å². The first-order valence-electron chi connectivity index (χ1n) is 16.4. The number of nitrogens with one attached hydrogen (secondary N) is 3. The van der Waals surface area contributed by atoms with Crippen LogP contribution < -0.4 is 15.4 Å². The molecule has 4 fully saturated rings. The number of nitrogens with zero attached hydrogens (tertiary/aromatic N) is 3. The Bertz CT molecular complexity index is 1760. The summed E-state index contributed by atoms with van der Waals surface area (Å²) in [4.78, 5) is 82.4. The maximum absolute atomic E-state index is 14.3. The molecule has 0 bridgehead atoms.